The summed E-state index contributed by atoms with van der Waals surface area (Å²) in [4.78, 5) is 15.7. The van der Waals surface area contributed by atoms with E-state index >= 15 is 0 Å². The summed E-state index contributed by atoms with van der Waals surface area (Å²) in [5.41, 5.74) is 0. The largest absolute Gasteiger partial charge is 0.352 e. The van der Waals surface area contributed by atoms with E-state index in [-0.39, 0.29) is 11.9 Å². The molecule has 1 saturated carbocycles. The maximum absolute atomic E-state index is 11.5. The number of aromatic nitrogens is 2. The van der Waals surface area contributed by atoms with E-state index < -0.39 is 0 Å². The molecule has 6 nitrogen and oxygen atoms in total. The van der Waals surface area contributed by atoms with Crippen molar-refractivity contribution < 1.29 is 9.32 Å². The Morgan fingerprint density at radius 1 is 1.59 bits per heavy atom. The van der Waals surface area contributed by atoms with Crippen molar-refractivity contribution in [3.8, 4) is 0 Å². The van der Waals surface area contributed by atoms with Crippen LogP contribution in [0.5, 0.6) is 0 Å². The smallest absolute Gasteiger partial charge is 0.234 e. The van der Waals surface area contributed by atoms with E-state index in [1.165, 1.54) is 0 Å². The second-order valence-corrected chi connectivity index (χ2v) is 4.36. The van der Waals surface area contributed by atoms with E-state index in [9.17, 15) is 4.79 Å². The Balaban J connectivity index is 1.80. The minimum atomic E-state index is -0.0302. The van der Waals surface area contributed by atoms with E-state index in [0.29, 0.717) is 24.3 Å². The topological polar surface area (TPSA) is 80.0 Å². The van der Waals surface area contributed by atoms with Crippen LogP contribution in [0, 0.1) is 6.92 Å². The highest BCUT2D eigenvalue weighted by Gasteiger charge is 2.23. The van der Waals surface area contributed by atoms with E-state index in [2.05, 4.69) is 20.8 Å². The van der Waals surface area contributed by atoms with Gasteiger partial charge in [0.25, 0.3) is 0 Å². The molecule has 94 valence electrons. The molecule has 1 amide bonds. The summed E-state index contributed by atoms with van der Waals surface area (Å²) in [6, 6.07) is 0.370. The van der Waals surface area contributed by atoms with E-state index in [4.69, 9.17) is 4.52 Å². The Kier molecular flexibility index (Phi) is 3.73. The maximum Gasteiger partial charge on any atom is 0.234 e. The van der Waals surface area contributed by atoms with Crippen molar-refractivity contribution in [3.63, 3.8) is 0 Å². The lowest BCUT2D eigenvalue weighted by atomic mass is 10.2. The fourth-order valence-corrected chi connectivity index (χ4v) is 1.60. The molecule has 1 aromatic rings. The molecule has 0 unspecified atom stereocenters. The highest BCUT2D eigenvalue weighted by molar-refractivity contribution is 5.78. The quantitative estimate of drug-likeness (QED) is 0.762. The van der Waals surface area contributed by atoms with Gasteiger partial charge in [-0.1, -0.05) is 12.1 Å². The van der Waals surface area contributed by atoms with Gasteiger partial charge in [0.15, 0.2) is 5.82 Å². The molecule has 6 heteroatoms. The van der Waals surface area contributed by atoms with Crippen molar-refractivity contribution in [3.05, 3.63) is 11.7 Å². The van der Waals surface area contributed by atoms with Gasteiger partial charge in [0, 0.05) is 13.0 Å². The molecule has 1 aliphatic rings. The monoisotopic (exact) mass is 238 g/mol. The van der Waals surface area contributed by atoms with Crippen molar-refractivity contribution in [2.24, 2.45) is 0 Å². The SMILES string of the molecule is CC[C@@H](NCC(=O)NC1CC1)c1noc(C)n1. The molecule has 0 bridgehead atoms. The van der Waals surface area contributed by atoms with Crippen molar-refractivity contribution in [2.75, 3.05) is 6.54 Å². The molecule has 0 spiro atoms. The lowest BCUT2D eigenvalue weighted by molar-refractivity contribution is -0.120. The zero-order valence-corrected chi connectivity index (χ0v) is 10.2. The summed E-state index contributed by atoms with van der Waals surface area (Å²) in [5.74, 6) is 1.19. The number of nitrogens with zero attached hydrogens (tertiary/aromatic N) is 2. The van der Waals surface area contributed by atoms with Crippen LogP contribution in [-0.2, 0) is 4.79 Å². The van der Waals surface area contributed by atoms with Crippen LogP contribution in [0.4, 0.5) is 0 Å². The number of nitrogens with one attached hydrogen (secondary N) is 2. The molecule has 0 aliphatic heterocycles. The van der Waals surface area contributed by atoms with Gasteiger partial charge in [0.2, 0.25) is 11.8 Å². The van der Waals surface area contributed by atoms with Crippen LogP contribution in [0.2, 0.25) is 0 Å². The molecule has 17 heavy (non-hydrogen) atoms. The Hall–Kier alpha value is -1.43. The number of hydrogen-bond acceptors (Lipinski definition) is 5. The van der Waals surface area contributed by atoms with Crippen LogP contribution < -0.4 is 10.6 Å². The molecule has 0 saturated heterocycles. The molecule has 1 atom stereocenters. The standard InChI is InChI=1S/C11H18N4O2/c1-3-9(11-13-7(2)17-15-11)12-6-10(16)14-8-4-5-8/h8-9,12H,3-6H2,1-2H3,(H,14,16)/t9-/m1/s1. The van der Waals surface area contributed by atoms with Crippen LogP contribution in [0.1, 0.15) is 43.9 Å². The van der Waals surface area contributed by atoms with Gasteiger partial charge in [0.05, 0.1) is 12.6 Å². The van der Waals surface area contributed by atoms with Crippen molar-refractivity contribution in [1.82, 2.24) is 20.8 Å². The fraction of sp³-hybridized carbons (Fsp3) is 0.727. The Morgan fingerprint density at radius 2 is 2.35 bits per heavy atom. The first-order valence-corrected chi connectivity index (χ1v) is 6.02. The molecule has 2 N–H and O–H groups in total. The van der Waals surface area contributed by atoms with Crippen LogP contribution in [-0.4, -0.2) is 28.6 Å². The van der Waals surface area contributed by atoms with Crippen LogP contribution in [0.3, 0.4) is 0 Å². The van der Waals surface area contributed by atoms with Gasteiger partial charge in [-0.25, -0.2) is 0 Å². The number of rotatable bonds is 6. The van der Waals surface area contributed by atoms with Crippen LogP contribution in [0.15, 0.2) is 4.52 Å². The zero-order valence-electron chi connectivity index (χ0n) is 10.2. The summed E-state index contributed by atoms with van der Waals surface area (Å²) in [7, 11) is 0. The summed E-state index contributed by atoms with van der Waals surface area (Å²) in [5, 5.41) is 9.92. The molecule has 0 aromatic carbocycles. The average molecular weight is 238 g/mol. The van der Waals surface area contributed by atoms with Gasteiger partial charge >= 0.3 is 0 Å². The summed E-state index contributed by atoms with van der Waals surface area (Å²) in [6.45, 7) is 4.06. The third-order valence-electron chi connectivity index (χ3n) is 2.71. The summed E-state index contributed by atoms with van der Waals surface area (Å²) in [6.07, 6.45) is 3.02. The number of amides is 1. The van der Waals surface area contributed by atoms with Crippen LogP contribution >= 0.6 is 0 Å². The van der Waals surface area contributed by atoms with Crippen molar-refractivity contribution in [1.29, 1.82) is 0 Å². The molecular weight excluding hydrogens is 220 g/mol. The number of aryl methyl sites for hydroxylation is 1. The lowest BCUT2D eigenvalue weighted by Crippen LogP contribution is -2.36. The molecule has 1 heterocycles. The highest BCUT2D eigenvalue weighted by Crippen LogP contribution is 2.18. The van der Waals surface area contributed by atoms with Crippen LogP contribution in [0.25, 0.3) is 0 Å². The number of hydrogen-bond donors (Lipinski definition) is 2. The van der Waals surface area contributed by atoms with Gasteiger partial charge in [-0.15, -0.1) is 0 Å². The van der Waals surface area contributed by atoms with Gasteiger partial charge in [-0.2, -0.15) is 4.98 Å². The number of carbonyl (C=O) groups excluding carboxylic acids is 1. The second kappa shape index (κ2) is 5.27. The van der Waals surface area contributed by atoms with E-state index in [0.717, 1.165) is 19.3 Å². The summed E-state index contributed by atoms with van der Waals surface area (Å²) < 4.78 is 4.93. The minimum Gasteiger partial charge on any atom is -0.352 e. The van der Waals surface area contributed by atoms with Gasteiger partial charge in [-0.05, 0) is 19.3 Å². The van der Waals surface area contributed by atoms with E-state index in [1.54, 1.807) is 6.92 Å². The number of carbonyl (C=O) groups is 1. The van der Waals surface area contributed by atoms with Crippen molar-refractivity contribution in [2.45, 2.75) is 45.2 Å². The molecule has 1 aromatic heterocycles. The first-order valence-electron chi connectivity index (χ1n) is 6.02. The normalized spacial score (nSPS) is 16.8. The molecular formula is C11H18N4O2. The highest BCUT2D eigenvalue weighted by atomic mass is 16.5. The average Bonchev–Trinajstić information content (AvgIpc) is 3.00. The van der Waals surface area contributed by atoms with Gasteiger partial charge in [-0.3, -0.25) is 10.1 Å². The molecule has 2 rings (SSSR count). The second-order valence-electron chi connectivity index (χ2n) is 4.36. The maximum atomic E-state index is 11.5. The van der Waals surface area contributed by atoms with Crippen molar-refractivity contribution >= 4 is 5.91 Å². The molecule has 1 aliphatic carbocycles. The zero-order chi connectivity index (χ0) is 12.3. The van der Waals surface area contributed by atoms with E-state index in [1.807, 2.05) is 6.92 Å². The summed E-state index contributed by atoms with van der Waals surface area (Å²) >= 11 is 0. The van der Waals surface area contributed by atoms with Gasteiger partial charge < -0.3 is 9.84 Å². The molecule has 0 radical (unpaired) electrons. The Morgan fingerprint density at radius 3 is 2.88 bits per heavy atom. The predicted octanol–water partition coefficient (Wildman–Crippen LogP) is 0.697. The van der Waals surface area contributed by atoms with Gasteiger partial charge in [0.1, 0.15) is 0 Å². The third-order valence-corrected chi connectivity index (χ3v) is 2.71. The third kappa shape index (κ3) is 3.52. The Bertz CT molecular complexity index is 387. The minimum absolute atomic E-state index is 0.0302. The fourth-order valence-electron chi connectivity index (χ4n) is 1.60. The Labute approximate surface area is 100 Å². The first kappa shape index (κ1) is 12.0. The first-order chi connectivity index (χ1) is 8.19. The molecule has 1 fully saturated rings. The predicted molar refractivity (Wildman–Crippen MR) is 61.2 cm³/mol. The lowest BCUT2D eigenvalue weighted by Gasteiger charge is -2.12.